The first-order chi connectivity index (χ1) is 9.63. The molecule has 0 radical (unpaired) electrons. The van der Waals surface area contributed by atoms with E-state index in [9.17, 15) is 4.39 Å². The van der Waals surface area contributed by atoms with Crippen LogP contribution in [-0.4, -0.2) is 11.3 Å². The Bertz CT molecular complexity index is 611. The lowest BCUT2D eigenvalue weighted by Gasteiger charge is -2.06. The van der Waals surface area contributed by atoms with E-state index in [4.69, 9.17) is 23.8 Å². The number of hydrazone groups is 1. The van der Waals surface area contributed by atoms with Crippen LogP contribution >= 0.6 is 23.8 Å². The van der Waals surface area contributed by atoms with Crippen molar-refractivity contribution in [3.05, 3.63) is 64.9 Å². The molecule has 102 valence electrons. The van der Waals surface area contributed by atoms with Gasteiger partial charge < -0.3 is 5.32 Å². The zero-order valence-corrected chi connectivity index (χ0v) is 11.9. The third kappa shape index (κ3) is 4.60. The summed E-state index contributed by atoms with van der Waals surface area (Å²) in [5.41, 5.74) is 4.25. The van der Waals surface area contributed by atoms with Crippen molar-refractivity contribution in [1.29, 1.82) is 0 Å². The summed E-state index contributed by atoms with van der Waals surface area (Å²) in [7, 11) is 0. The first-order valence-corrected chi connectivity index (χ1v) is 6.53. The first kappa shape index (κ1) is 14.4. The molecule has 0 heterocycles. The SMILES string of the molecule is Fc1ccc(/C=N\NC(=S)Nc2ccc(Cl)cc2)cc1. The summed E-state index contributed by atoms with van der Waals surface area (Å²) in [5, 5.41) is 7.92. The number of hydrogen-bond acceptors (Lipinski definition) is 2. The van der Waals surface area contributed by atoms with E-state index in [-0.39, 0.29) is 5.82 Å². The van der Waals surface area contributed by atoms with Crippen molar-refractivity contribution >= 4 is 40.8 Å². The fraction of sp³-hybridized carbons (Fsp3) is 0. The number of nitrogens with zero attached hydrogens (tertiary/aromatic N) is 1. The minimum Gasteiger partial charge on any atom is -0.331 e. The quantitative estimate of drug-likeness (QED) is 0.514. The van der Waals surface area contributed by atoms with Crippen molar-refractivity contribution in [1.82, 2.24) is 5.43 Å². The second kappa shape index (κ2) is 6.98. The second-order valence-corrected chi connectivity index (χ2v) is 4.73. The summed E-state index contributed by atoms with van der Waals surface area (Å²) >= 11 is 10.9. The minimum atomic E-state index is -0.282. The molecule has 0 aliphatic heterocycles. The van der Waals surface area contributed by atoms with Gasteiger partial charge in [0.2, 0.25) is 0 Å². The van der Waals surface area contributed by atoms with Crippen LogP contribution in [0, 0.1) is 5.82 Å². The monoisotopic (exact) mass is 307 g/mol. The van der Waals surface area contributed by atoms with E-state index in [1.54, 1.807) is 42.6 Å². The fourth-order valence-corrected chi connectivity index (χ4v) is 1.70. The Kier molecular flexibility index (Phi) is 5.03. The largest absolute Gasteiger partial charge is 0.331 e. The van der Waals surface area contributed by atoms with Crippen molar-refractivity contribution in [3.63, 3.8) is 0 Å². The predicted molar refractivity (Wildman–Crippen MR) is 84.8 cm³/mol. The van der Waals surface area contributed by atoms with E-state index in [2.05, 4.69) is 15.8 Å². The Labute approximate surface area is 126 Å². The molecule has 0 aliphatic carbocycles. The number of hydrogen-bond donors (Lipinski definition) is 2. The molecule has 2 aromatic carbocycles. The zero-order chi connectivity index (χ0) is 14.4. The van der Waals surface area contributed by atoms with Gasteiger partial charge in [-0.2, -0.15) is 5.10 Å². The minimum absolute atomic E-state index is 0.282. The van der Waals surface area contributed by atoms with Crippen molar-refractivity contribution in [3.8, 4) is 0 Å². The van der Waals surface area contributed by atoms with Crippen molar-refractivity contribution < 1.29 is 4.39 Å². The van der Waals surface area contributed by atoms with Crippen LogP contribution in [0.2, 0.25) is 5.02 Å². The molecule has 20 heavy (non-hydrogen) atoms. The average molecular weight is 308 g/mol. The predicted octanol–water partition coefficient (Wildman–Crippen LogP) is 3.80. The Morgan fingerprint density at radius 1 is 1.10 bits per heavy atom. The molecule has 0 amide bonds. The molecule has 0 aliphatic rings. The van der Waals surface area contributed by atoms with E-state index in [1.807, 2.05) is 0 Å². The molecule has 2 aromatic rings. The van der Waals surface area contributed by atoms with Crippen LogP contribution in [-0.2, 0) is 0 Å². The van der Waals surface area contributed by atoms with Crippen molar-refractivity contribution in [2.75, 3.05) is 5.32 Å². The Morgan fingerprint density at radius 2 is 1.75 bits per heavy atom. The van der Waals surface area contributed by atoms with E-state index in [1.165, 1.54) is 12.1 Å². The lowest BCUT2D eigenvalue weighted by Crippen LogP contribution is -2.23. The van der Waals surface area contributed by atoms with E-state index in [0.717, 1.165) is 11.3 Å². The summed E-state index contributed by atoms with van der Waals surface area (Å²) in [6, 6.07) is 13.1. The van der Waals surface area contributed by atoms with Crippen LogP contribution < -0.4 is 10.7 Å². The summed E-state index contributed by atoms with van der Waals surface area (Å²) in [6.07, 6.45) is 1.55. The zero-order valence-electron chi connectivity index (χ0n) is 10.3. The highest BCUT2D eigenvalue weighted by molar-refractivity contribution is 7.80. The second-order valence-electron chi connectivity index (χ2n) is 3.88. The molecule has 3 nitrogen and oxygen atoms in total. The highest BCUT2D eigenvalue weighted by Gasteiger charge is 1.96. The molecule has 0 unspecified atom stereocenters. The molecule has 0 atom stereocenters. The molecule has 0 aromatic heterocycles. The summed E-state index contributed by atoms with van der Waals surface area (Å²) in [6.45, 7) is 0. The molecular formula is C14H11ClFN3S. The van der Waals surface area contributed by atoms with Gasteiger partial charge in [0.25, 0.3) is 0 Å². The van der Waals surface area contributed by atoms with Crippen LogP contribution in [0.1, 0.15) is 5.56 Å². The summed E-state index contributed by atoms with van der Waals surface area (Å²) in [5.74, 6) is -0.282. The number of anilines is 1. The van der Waals surface area contributed by atoms with Gasteiger partial charge in [-0.05, 0) is 54.2 Å². The highest BCUT2D eigenvalue weighted by atomic mass is 35.5. The normalized spacial score (nSPS) is 10.5. The number of rotatable bonds is 3. The molecule has 0 saturated carbocycles. The Hall–Kier alpha value is -1.98. The van der Waals surface area contributed by atoms with E-state index < -0.39 is 0 Å². The van der Waals surface area contributed by atoms with Gasteiger partial charge in [-0.15, -0.1) is 0 Å². The molecule has 0 bridgehead atoms. The Balaban J connectivity index is 1.85. The maximum Gasteiger partial charge on any atom is 0.191 e. The third-order valence-electron chi connectivity index (χ3n) is 2.35. The van der Waals surface area contributed by atoms with Gasteiger partial charge in [-0.1, -0.05) is 23.7 Å². The molecular weight excluding hydrogens is 297 g/mol. The van der Waals surface area contributed by atoms with Crippen LogP contribution in [0.4, 0.5) is 10.1 Å². The molecule has 6 heteroatoms. The molecule has 0 saturated heterocycles. The van der Waals surface area contributed by atoms with E-state index in [0.29, 0.717) is 10.1 Å². The summed E-state index contributed by atoms with van der Waals surface area (Å²) in [4.78, 5) is 0. The summed E-state index contributed by atoms with van der Waals surface area (Å²) < 4.78 is 12.7. The topological polar surface area (TPSA) is 36.4 Å². The maximum absolute atomic E-state index is 12.7. The number of halogens is 2. The van der Waals surface area contributed by atoms with Crippen molar-refractivity contribution in [2.45, 2.75) is 0 Å². The maximum atomic E-state index is 12.7. The average Bonchev–Trinajstić information content (AvgIpc) is 2.44. The standard InChI is InChI=1S/C14H11ClFN3S/c15-11-3-7-13(8-4-11)18-14(20)19-17-9-10-1-5-12(16)6-2-10/h1-9H,(H2,18,19,20)/b17-9-. The number of nitrogens with one attached hydrogen (secondary N) is 2. The van der Waals surface area contributed by atoms with Crippen LogP contribution in [0.15, 0.2) is 53.6 Å². The van der Waals surface area contributed by atoms with Gasteiger partial charge in [0.1, 0.15) is 5.82 Å². The number of benzene rings is 2. The number of thiocarbonyl (C=S) groups is 1. The smallest absolute Gasteiger partial charge is 0.191 e. The Morgan fingerprint density at radius 3 is 2.40 bits per heavy atom. The van der Waals surface area contributed by atoms with E-state index >= 15 is 0 Å². The lowest BCUT2D eigenvalue weighted by atomic mass is 10.2. The van der Waals surface area contributed by atoms with Crippen LogP contribution in [0.5, 0.6) is 0 Å². The fourth-order valence-electron chi connectivity index (χ4n) is 1.41. The van der Waals surface area contributed by atoms with Gasteiger partial charge in [0.15, 0.2) is 5.11 Å². The van der Waals surface area contributed by atoms with Gasteiger partial charge in [0, 0.05) is 10.7 Å². The van der Waals surface area contributed by atoms with Crippen LogP contribution in [0.3, 0.4) is 0 Å². The van der Waals surface area contributed by atoms with Gasteiger partial charge in [-0.3, -0.25) is 5.43 Å². The molecule has 0 fully saturated rings. The van der Waals surface area contributed by atoms with Crippen molar-refractivity contribution in [2.24, 2.45) is 5.10 Å². The third-order valence-corrected chi connectivity index (χ3v) is 2.80. The highest BCUT2D eigenvalue weighted by Crippen LogP contribution is 2.13. The van der Waals surface area contributed by atoms with Gasteiger partial charge >= 0.3 is 0 Å². The molecule has 2 rings (SSSR count). The molecule has 2 N–H and O–H groups in total. The first-order valence-electron chi connectivity index (χ1n) is 5.75. The van der Waals surface area contributed by atoms with Gasteiger partial charge in [-0.25, -0.2) is 4.39 Å². The molecule has 0 spiro atoms. The van der Waals surface area contributed by atoms with Gasteiger partial charge in [0.05, 0.1) is 6.21 Å². The van der Waals surface area contributed by atoms with Crippen LogP contribution in [0.25, 0.3) is 0 Å². The lowest BCUT2D eigenvalue weighted by molar-refractivity contribution is 0.628.